The number of nitrogens with zero attached hydrogens (tertiary/aromatic N) is 1. The highest BCUT2D eigenvalue weighted by molar-refractivity contribution is 8.01. The molecule has 0 amide bonds. The summed E-state index contributed by atoms with van der Waals surface area (Å²) in [4.78, 5) is 5.25. The molecule has 164 valence electrons. The van der Waals surface area contributed by atoms with Crippen LogP contribution in [0.25, 0.3) is 0 Å². The Balaban J connectivity index is 2.00. The molecule has 1 N–H and O–H groups in total. The zero-order valence-electron chi connectivity index (χ0n) is 15.8. The zero-order chi connectivity index (χ0) is 22.2. The average Bonchev–Trinajstić information content (AvgIpc) is 3.05. The van der Waals surface area contributed by atoms with Crippen molar-refractivity contribution in [1.29, 1.82) is 0 Å². The van der Waals surface area contributed by atoms with Crippen LogP contribution in [0, 0.1) is 5.82 Å². The molecule has 1 aliphatic heterocycles. The molecule has 6 nitrogen and oxygen atoms in total. The predicted molar refractivity (Wildman–Crippen MR) is 102 cm³/mol. The molecule has 1 fully saturated rings. The van der Waals surface area contributed by atoms with Gasteiger partial charge in [-0.25, -0.2) is 12.8 Å². The molecular weight excluding hydrogens is 448 g/mol. The minimum absolute atomic E-state index is 0.0122. The van der Waals surface area contributed by atoms with Crippen LogP contribution >= 0.6 is 11.8 Å². The predicted octanol–water partition coefficient (Wildman–Crippen LogP) is 3.52. The molecule has 0 aromatic heterocycles. The number of thioether (sulfide) groups is 1. The molecule has 1 saturated heterocycles. The molecule has 1 aliphatic rings. The van der Waals surface area contributed by atoms with Crippen LogP contribution in [0.3, 0.4) is 0 Å². The van der Waals surface area contributed by atoms with Crippen molar-refractivity contribution in [2.75, 3.05) is 20.0 Å². The first-order valence-electron chi connectivity index (χ1n) is 8.50. The normalized spacial score (nSPS) is 23.1. The summed E-state index contributed by atoms with van der Waals surface area (Å²) in [6.45, 7) is 0. The number of sulfonamides is 1. The second-order valence-corrected chi connectivity index (χ2v) is 9.07. The summed E-state index contributed by atoms with van der Waals surface area (Å²) >= 11 is 0.983. The third-order valence-corrected chi connectivity index (χ3v) is 7.32. The number of benzene rings is 2. The number of rotatable bonds is 6. The highest BCUT2D eigenvalue weighted by atomic mass is 32.2. The van der Waals surface area contributed by atoms with Crippen LogP contribution in [-0.2, 0) is 31.5 Å². The second-order valence-electron chi connectivity index (χ2n) is 6.29. The number of ether oxygens (including phenoxy) is 1. The lowest BCUT2D eigenvalue weighted by atomic mass is 10.00. The lowest BCUT2D eigenvalue weighted by Gasteiger charge is -2.37. The lowest BCUT2D eigenvalue weighted by Crippen LogP contribution is -2.52. The van der Waals surface area contributed by atoms with Crippen molar-refractivity contribution < 1.29 is 35.6 Å². The van der Waals surface area contributed by atoms with E-state index in [9.17, 15) is 26.0 Å². The van der Waals surface area contributed by atoms with E-state index in [2.05, 4.69) is 4.72 Å². The first-order chi connectivity index (χ1) is 14.0. The van der Waals surface area contributed by atoms with Gasteiger partial charge < -0.3 is 4.74 Å². The summed E-state index contributed by atoms with van der Waals surface area (Å²) in [7, 11) is -1.62. The Labute approximate surface area is 175 Å². The van der Waals surface area contributed by atoms with Gasteiger partial charge in [0.2, 0.25) is 10.0 Å². The van der Waals surface area contributed by atoms with Gasteiger partial charge in [-0.1, -0.05) is 18.2 Å². The Morgan fingerprint density at radius 3 is 2.40 bits per heavy atom. The van der Waals surface area contributed by atoms with Crippen LogP contribution in [0.15, 0.2) is 53.4 Å². The Kier molecular flexibility index (Phi) is 6.46. The highest BCUT2D eigenvalue weighted by Crippen LogP contribution is 2.46. The molecule has 0 bridgehead atoms. The van der Waals surface area contributed by atoms with Gasteiger partial charge in [-0.2, -0.15) is 17.9 Å². The SMILES string of the molecule is CON1C(NS(=O)(=O)c2ccccc2)SCC1(OC)c1cc(C(F)(F)F)ccc1F. The van der Waals surface area contributed by atoms with Gasteiger partial charge >= 0.3 is 6.18 Å². The van der Waals surface area contributed by atoms with E-state index in [1.807, 2.05) is 0 Å². The van der Waals surface area contributed by atoms with Crippen molar-refractivity contribution in [3.63, 3.8) is 0 Å². The minimum Gasteiger partial charge on any atom is -0.356 e. The van der Waals surface area contributed by atoms with Crippen LogP contribution < -0.4 is 4.72 Å². The fraction of sp³-hybridized carbons (Fsp3) is 0.333. The molecular formula is C18H18F4N2O4S2. The monoisotopic (exact) mass is 466 g/mol. The summed E-state index contributed by atoms with van der Waals surface area (Å²) < 4.78 is 87.3. The van der Waals surface area contributed by atoms with E-state index in [1.165, 1.54) is 26.4 Å². The summed E-state index contributed by atoms with van der Waals surface area (Å²) in [6.07, 6.45) is -4.70. The quantitative estimate of drug-likeness (QED) is 0.658. The minimum atomic E-state index is -4.70. The second kappa shape index (κ2) is 8.44. The Morgan fingerprint density at radius 2 is 1.83 bits per heavy atom. The van der Waals surface area contributed by atoms with Crippen LogP contribution in [0.5, 0.6) is 0 Å². The van der Waals surface area contributed by atoms with Gasteiger partial charge in [0.05, 0.1) is 17.6 Å². The topological polar surface area (TPSA) is 67.9 Å². The number of hydroxylamine groups is 2. The molecule has 2 aromatic rings. The molecule has 2 unspecified atom stereocenters. The van der Waals surface area contributed by atoms with Gasteiger partial charge in [-0.15, -0.1) is 16.8 Å². The van der Waals surface area contributed by atoms with Gasteiger partial charge in [-0.3, -0.25) is 4.84 Å². The van der Waals surface area contributed by atoms with Gasteiger partial charge in [0.15, 0.2) is 5.72 Å². The summed E-state index contributed by atoms with van der Waals surface area (Å²) in [6, 6.07) is 9.46. The molecule has 30 heavy (non-hydrogen) atoms. The number of nitrogens with one attached hydrogen (secondary N) is 1. The maximum atomic E-state index is 14.6. The van der Waals surface area contributed by atoms with Crippen molar-refractivity contribution in [3.8, 4) is 0 Å². The number of hydrogen-bond acceptors (Lipinski definition) is 6. The Bertz CT molecular complexity index is 1000. The molecule has 1 heterocycles. The zero-order valence-corrected chi connectivity index (χ0v) is 17.4. The average molecular weight is 466 g/mol. The molecule has 2 aromatic carbocycles. The molecule has 12 heteroatoms. The Hall–Kier alpha value is -1.70. The smallest absolute Gasteiger partial charge is 0.356 e. The van der Waals surface area contributed by atoms with Crippen LogP contribution in [0.2, 0.25) is 0 Å². The molecule has 0 radical (unpaired) electrons. The van der Waals surface area contributed by atoms with E-state index >= 15 is 0 Å². The fourth-order valence-electron chi connectivity index (χ4n) is 3.09. The molecule has 0 spiro atoms. The Morgan fingerprint density at radius 1 is 1.17 bits per heavy atom. The first-order valence-corrected chi connectivity index (χ1v) is 11.0. The van der Waals surface area contributed by atoms with Gasteiger partial charge in [-0.05, 0) is 30.3 Å². The van der Waals surface area contributed by atoms with Crippen LogP contribution in [0.4, 0.5) is 17.6 Å². The van der Waals surface area contributed by atoms with Gasteiger partial charge in [0.1, 0.15) is 11.3 Å². The largest absolute Gasteiger partial charge is 0.416 e. The number of methoxy groups -OCH3 is 1. The lowest BCUT2D eigenvalue weighted by molar-refractivity contribution is -0.288. The van der Waals surface area contributed by atoms with Gasteiger partial charge in [0.25, 0.3) is 0 Å². The maximum Gasteiger partial charge on any atom is 0.416 e. The number of alkyl halides is 3. The number of halogens is 4. The standard InChI is InChI=1S/C18H18F4N2O4S2/c1-27-17(14-10-12(18(20,21)22)8-9-15(14)19)11-29-16(24(17)28-2)23-30(25,26)13-6-4-3-5-7-13/h3-10,16,23H,11H2,1-2H3. The van der Waals surface area contributed by atoms with Crippen molar-refractivity contribution in [1.82, 2.24) is 9.79 Å². The first kappa shape index (κ1) is 23.0. The third kappa shape index (κ3) is 4.20. The fourth-order valence-corrected chi connectivity index (χ4v) is 5.94. The maximum absolute atomic E-state index is 14.6. The number of hydrogen-bond donors (Lipinski definition) is 1. The van der Waals surface area contributed by atoms with Crippen molar-refractivity contribution in [3.05, 3.63) is 65.5 Å². The summed E-state index contributed by atoms with van der Waals surface area (Å²) in [5.74, 6) is -1.04. The van der Waals surface area contributed by atoms with Crippen LogP contribution in [-0.4, -0.2) is 39.0 Å². The third-order valence-electron chi connectivity index (χ3n) is 4.56. The molecule has 0 saturated carbocycles. The highest BCUT2D eigenvalue weighted by Gasteiger charge is 2.53. The van der Waals surface area contributed by atoms with E-state index in [0.717, 1.165) is 16.8 Å². The molecule has 3 rings (SSSR count). The van der Waals surface area contributed by atoms with E-state index in [4.69, 9.17) is 9.57 Å². The van der Waals surface area contributed by atoms with Crippen molar-refractivity contribution in [2.24, 2.45) is 0 Å². The summed E-state index contributed by atoms with van der Waals surface area (Å²) in [5, 5.41) is 0.997. The van der Waals surface area contributed by atoms with Gasteiger partial charge in [0, 0.05) is 18.4 Å². The van der Waals surface area contributed by atoms with Crippen molar-refractivity contribution >= 4 is 21.8 Å². The van der Waals surface area contributed by atoms with E-state index in [1.54, 1.807) is 18.2 Å². The van der Waals surface area contributed by atoms with Crippen LogP contribution in [0.1, 0.15) is 11.1 Å². The molecule has 0 aliphatic carbocycles. The van der Waals surface area contributed by atoms with E-state index in [-0.39, 0.29) is 10.6 Å². The molecule has 2 atom stereocenters. The summed E-state index contributed by atoms with van der Waals surface area (Å²) in [5.41, 5.74) is -4.37. The van der Waals surface area contributed by atoms with E-state index in [0.29, 0.717) is 18.2 Å². The van der Waals surface area contributed by atoms with E-state index < -0.39 is 44.4 Å². The van der Waals surface area contributed by atoms with Crippen molar-refractivity contribution in [2.45, 2.75) is 22.3 Å².